The lowest BCUT2D eigenvalue weighted by Crippen LogP contribution is -2.26. The van der Waals surface area contributed by atoms with Crippen LogP contribution < -0.4 is 5.73 Å². The summed E-state index contributed by atoms with van der Waals surface area (Å²) >= 11 is 5.89. The van der Waals surface area contributed by atoms with Crippen LogP contribution >= 0.6 is 11.6 Å². The molecule has 0 bridgehead atoms. The molecule has 0 saturated carbocycles. The first-order chi connectivity index (χ1) is 7.70. The molecule has 0 spiro atoms. The molecule has 1 heterocycles. The monoisotopic (exact) mass is 239 g/mol. The standard InChI is InChI=1S/C12H14ClNO2/c13-10-5-1-4-9(11(10)14)12(15)8-3-2-6-16-7-8/h1,4-5,8H,2-3,6-7,14H2. The number of Topliss-reactive ketones (excluding diaryl/α,β-unsaturated/α-hetero) is 1. The number of nitrogens with two attached hydrogens (primary N) is 1. The van der Waals surface area contributed by atoms with Gasteiger partial charge in [0, 0.05) is 18.1 Å². The van der Waals surface area contributed by atoms with Crippen LogP contribution in [0.1, 0.15) is 23.2 Å². The van der Waals surface area contributed by atoms with E-state index in [2.05, 4.69) is 0 Å². The molecule has 1 aliphatic heterocycles. The molecule has 16 heavy (non-hydrogen) atoms. The summed E-state index contributed by atoms with van der Waals surface area (Å²) in [6.45, 7) is 1.24. The number of halogens is 1. The molecule has 1 aromatic rings. The summed E-state index contributed by atoms with van der Waals surface area (Å²) in [6, 6.07) is 5.15. The number of carbonyl (C=O) groups excluding carboxylic acids is 1. The lowest BCUT2D eigenvalue weighted by Gasteiger charge is -2.21. The lowest BCUT2D eigenvalue weighted by atomic mass is 9.92. The quantitative estimate of drug-likeness (QED) is 0.637. The fourth-order valence-electron chi connectivity index (χ4n) is 1.92. The summed E-state index contributed by atoms with van der Waals surface area (Å²) < 4.78 is 5.30. The minimum absolute atomic E-state index is 0.0414. The van der Waals surface area contributed by atoms with E-state index >= 15 is 0 Å². The van der Waals surface area contributed by atoms with Crippen LogP contribution in [-0.4, -0.2) is 19.0 Å². The zero-order valence-corrected chi connectivity index (χ0v) is 9.67. The summed E-state index contributed by atoms with van der Waals surface area (Å²) in [7, 11) is 0. The number of para-hydroxylation sites is 1. The third-order valence-corrected chi connectivity index (χ3v) is 3.18. The number of rotatable bonds is 2. The maximum absolute atomic E-state index is 12.2. The molecule has 0 amide bonds. The Morgan fingerprint density at radius 2 is 2.31 bits per heavy atom. The van der Waals surface area contributed by atoms with Crippen LogP contribution in [0.4, 0.5) is 5.69 Å². The molecular weight excluding hydrogens is 226 g/mol. The van der Waals surface area contributed by atoms with Crippen molar-refractivity contribution in [1.82, 2.24) is 0 Å². The van der Waals surface area contributed by atoms with E-state index in [1.54, 1.807) is 18.2 Å². The summed E-state index contributed by atoms with van der Waals surface area (Å²) in [5.41, 5.74) is 6.69. The van der Waals surface area contributed by atoms with Crippen LogP contribution in [0.3, 0.4) is 0 Å². The van der Waals surface area contributed by atoms with Gasteiger partial charge in [-0.15, -0.1) is 0 Å². The van der Waals surface area contributed by atoms with Gasteiger partial charge in [-0.3, -0.25) is 4.79 Å². The van der Waals surface area contributed by atoms with E-state index in [1.165, 1.54) is 0 Å². The van der Waals surface area contributed by atoms with Gasteiger partial charge >= 0.3 is 0 Å². The van der Waals surface area contributed by atoms with Crippen molar-refractivity contribution in [2.75, 3.05) is 18.9 Å². The van der Waals surface area contributed by atoms with Crippen LogP contribution in [0.15, 0.2) is 18.2 Å². The molecule has 0 radical (unpaired) electrons. The van der Waals surface area contributed by atoms with Crippen molar-refractivity contribution in [3.05, 3.63) is 28.8 Å². The summed E-state index contributed by atoms with van der Waals surface area (Å²) in [5.74, 6) is -0.0331. The highest BCUT2D eigenvalue weighted by Crippen LogP contribution is 2.27. The van der Waals surface area contributed by atoms with Gasteiger partial charge in [-0.05, 0) is 25.0 Å². The number of hydrogen-bond donors (Lipinski definition) is 1. The third-order valence-electron chi connectivity index (χ3n) is 2.85. The van der Waals surface area contributed by atoms with E-state index in [-0.39, 0.29) is 11.7 Å². The number of benzene rings is 1. The first-order valence-electron chi connectivity index (χ1n) is 5.36. The predicted octanol–water partition coefficient (Wildman–Crippen LogP) is 2.53. The van der Waals surface area contributed by atoms with Gasteiger partial charge in [-0.2, -0.15) is 0 Å². The number of carbonyl (C=O) groups is 1. The second-order valence-corrected chi connectivity index (χ2v) is 4.39. The van der Waals surface area contributed by atoms with Gasteiger partial charge in [0.25, 0.3) is 0 Å². The molecule has 1 unspecified atom stereocenters. The van der Waals surface area contributed by atoms with Crippen molar-refractivity contribution in [3.8, 4) is 0 Å². The van der Waals surface area contributed by atoms with Crippen molar-refractivity contribution in [2.45, 2.75) is 12.8 Å². The van der Waals surface area contributed by atoms with E-state index in [0.717, 1.165) is 19.4 Å². The maximum atomic E-state index is 12.2. The van der Waals surface area contributed by atoms with Crippen LogP contribution in [0.25, 0.3) is 0 Å². The Morgan fingerprint density at radius 1 is 1.50 bits per heavy atom. The van der Waals surface area contributed by atoms with Crippen LogP contribution in [0.5, 0.6) is 0 Å². The highest BCUT2D eigenvalue weighted by atomic mass is 35.5. The molecule has 86 valence electrons. The van der Waals surface area contributed by atoms with Gasteiger partial charge in [0.05, 0.1) is 17.3 Å². The first kappa shape index (κ1) is 11.4. The lowest BCUT2D eigenvalue weighted by molar-refractivity contribution is 0.0462. The zero-order valence-electron chi connectivity index (χ0n) is 8.91. The molecule has 1 atom stereocenters. The Balaban J connectivity index is 2.22. The van der Waals surface area contributed by atoms with Gasteiger partial charge < -0.3 is 10.5 Å². The predicted molar refractivity (Wildman–Crippen MR) is 63.7 cm³/mol. The molecule has 2 rings (SSSR count). The van der Waals surface area contributed by atoms with E-state index in [1.807, 2.05) is 0 Å². The molecule has 1 aliphatic rings. The van der Waals surface area contributed by atoms with Crippen molar-refractivity contribution in [3.63, 3.8) is 0 Å². The SMILES string of the molecule is Nc1c(Cl)cccc1C(=O)C1CCCOC1. The Kier molecular flexibility index (Phi) is 3.46. The molecule has 1 saturated heterocycles. The van der Waals surface area contributed by atoms with E-state index in [9.17, 15) is 4.79 Å². The van der Waals surface area contributed by atoms with Crippen molar-refractivity contribution < 1.29 is 9.53 Å². The number of hydrogen-bond acceptors (Lipinski definition) is 3. The van der Waals surface area contributed by atoms with Gasteiger partial charge in [0.1, 0.15) is 0 Å². The molecule has 1 aromatic carbocycles. The second kappa shape index (κ2) is 4.85. The average molecular weight is 240 g/mol. The maximum Gasteiger partial charge on any atom is 0.170 e. The Bertz CT molecular complexity index is 400. The third kappa shape index (κ3) is 2.20. The van der Waals surface area contributed by atoms with Gasteiger partial charge in [-0.25, -0.2) is 0 Å². The van der Waals surface area contributed by atoms with Gasteiger partial charge in [-0.1, -0.05) is 17.7 Å². The normalized spacial score (nSPS) is 20.7. The smallest absolute Gasteiger partial charge is 0.170 e. The first-order valence-corrected chi connectivity index (χ1v) is 5.74. The Hall–Kier alpha value is -1.06. The zero-order chi connectivity index (χ0) is 11.5. The van der Waals surface area contributed by atoms with Gasteiger partial charge in [0.15, 0.2) is 5.78 Å². The number of anilines is 1. The van der Waals surface area contributed by atoms with Gasteiger partial charge in [0.2, 0.25) is 0 Å². The molecule has 4 heteroatoms. The van der Waals surface area contributed by atoms with Crippen molar-refractivity contribution >= 4 is 23.1 Å². The van der Waals surface area contributed by atoms with Crippen LogP contribution in [0.2, 0.25) is 5.02 Å². The Morgan fingerprint density at radius 3 is 3.00 bits per heavy atom. The minimum Gasteiger partial charge on any atom is -0.397 e. The molecule has 2 N–H and O–H groups in total. The van der Waals surface area contributed by atoms with Crippen molar-refractivity contribution in [1.29, 1.82) is 0 Å². The molecular formula is C12H14ClNO2. The molecule has 1 fully saturated rings. The van der Waals surface area contributed by atoms with Crippen LogP contribution in [-0.2, 0) is 4.74 Å². The molecule has 0 aromatic heterocycles. The fourth-order valence-corrected chi connectivity index (χ4v) is 2.09. The van der Waals surface area contributed by atoms with Crippen molar-refractivity contribution in [2.24, 2.45) is 5.92 Å². The largest absolute Gasteiger partial charge is 0.397 e. The number of nitrogen functional groups attached to an aromatic ring is 1. The summed E-state index contributed by atoms with van der Waals surface area (Å²) in [4.78, 5) is 12.2. The number of ketones is 1. The minimum atomic E-state index is -0.0745. The van der Waals surface area contributed by atoms with E-state index < -0.39 is 0 Å². The Labute approximate surface area is 99.5 Å². The number of ether oxygens (including phenoxy) is 1. The highest BCUT2D eigenvalue weighted by molar-refractivity contribution is 6.34. The van der Waals surface area contributed by atoms with Crippen LogP contribution in [0, 0.1) is 5.92 Å². The molecule has 3 nitrogen and oxygen atoms in total. The summed E-state index contributed by atoms with van der Waals surface area (Å²) in [6.07, 6.45) is 1.79. The van der Waals surface area contributed by atoms with E-state index in [0.29, 0.717) is 22.9 Å². The fraction of sp³-hybridized carbons (Fsp3) is 0.417. The topological polar surface area (TPSA) is 52.3 Å². The summed E-state index contributed by atoms with van der Waals surface area (Å²) in [5, 5.41) is 0.433. The highest BCUT2D eigenvalue weighted by Gasteiger charge is 2.24. The second-order valence-electron chi connectivity index (χ2n) is 3.98. The van der Waals surface area contributed by atoms with E-state index in [4.69, 9.17) is 22.1 Å². The molecule has 0 aliphatic carbocycles. The average Bonchev–Trinajstić information content (AvgIpc) is 2.33.